The summed E-state index contributed by atoms with van der Waals surface area (Å²) in [7, 11) is 0. The van der Waals surface area contributed by atoms with Crippen molar-refractivity contribution in [1.82, 2.24) is 0 Å². The molecule has 0 aliphatic carbocycles. The van der Waals surface area contributed by atoms with Gasteiger partial charge in [0.05, 0.1) is 5.56 Å². The molecule has 1 aliphatic rings. The molecule has 0 amide bonds. The van der Waals surface area contributed by atoms with E-state index in [1.165, 1.54) is 0 Å². The van der Waals surface area contributed by atoms with Crippen LogP contribution < -0.4 is 0 Å². The van der Waals surface area contributed by atoms with Gasteiger partial charge < -0.3 is 9.84 Å². The molecule has 0 bridgehead atoms. The average molecular weight is 290 g/mol. The van der Waals surface area contributed by atoms with Gasteiger partial charge in [-0.25, -0.2) is 4.79 Å². The molecule has 0 saturated carbocycles. The first kappa shape index (κ1) is 15.5. The van der Waals surface area contributed by atoms with Gasteiger partial charge in [0, 0.05) is 0 Å². The summed E-state index contributed by atoms with van der Waals surface area (Å²) < 4.78 is 5.45. The quantitative estimate of drug-likeness (QED) is 0.643. The van der Waals surface area contributed by atoms with Crippen LogP contribution in [0.1, 0.15) is 61.9 Å². The summed E-state index contributed by atoms with van der Waals surface area (Å²) in [6.07, 6.45) is 4.11. The normalized spacial score (nSPS) is 24.3. The molecule has 2 unspecified atom stereocenters. The number of rotatable bonds is 6. The molecule has 2 rings (SSSR count). The van der Waals surface area contributed by atoms with Crippen molar-refractivity contribution in [2.75, 3.05) is 0 Å². The monoisotopic (exact) mass is 290 g/mol. The Morgan fingerprint density at radius 2 is 2.00 bits per heavy atom. The number of carboxylic acids is 1. The number of carboxylic acid groups (broad SMARTS) is 1. The maximum Gasteiger partial charge on any atom is 0.338 e. The molecular weight excluding hydrogens is 268 g/mol. The minimum absolute atomic E-state index is 0.368. The summed E-state index contributed by atoms with van der Waals surface area (Å²) in [6.45, 7) is 3.78. The Bertz CT molecular complexity index is 537. The van der Waals surface area contributed by atoms with Crippen LogP contribution in [0.3, 0.4) is 0 Å². The lowest BCUT2D eigenvalue weighted by Crippen LogP contribution is -2.50. The molecule has 1 heterocycles. The van der Waals surface area contributed by atoms with Crippen molar-refractivity contribution in [3.63, 3.8) is 0 Å². The van der Waals surface area contributed by atoms with Crippen molar-refractivity contribution in [3.05, 3.63) is 35.4 Å². The predicted octanol–water partition coefficient (Wildman–Crippen LogP) is 3.54. The second-order valence-electron chi connectivity index (χ2n) is 5.80. The predicted molar refractivity (Wildman–Crippen MR) is 79.4 cm³/mol. The van der Waals surface area contributed by atoms with E-state index in [0.29, 0.717) is 17.5 Å². The first-order chi connectivity index (χ1) is 10.0. The third-order valence-electron chi connectivity index (χ3n) is 4.36. The number of aliphatic carboxylic acids is 1. The number of hydrogen-bond donors (Lipinski definition) is 1. The first-order valence-corrected chi connectivity index (χ1v) is 7.55. The zero-order valence-electron chi connectivity index (χ0n) is 12.6. The molecule has 1 aromatic carbocycles. The van der Waals surface area contributed by atoms with Crippen LogP contribution in [-0.2, 0) is 14.9 Å². The van der Waals surface area contributed by atoms with Crippen LogP contribution in [0.15, 0.2) is 24.3 Å². The number of benzene rings is 1. The number of carbonyl (C=O) groups excluding carboxylic acids is 1. The molecule has 0 saturated heterocycles. The van der Waals surface area contributed by atoms with E-state index in [0.717, 1.165) is 25.7 Å². The molecule has 114 valence electrons. The van der Waals surface area contributed by atoms with Crippen LogP contribution in [-0.4, -0.2) is 23.1 Å². The second kappa shape index (κ2) is 6.29. The van der Waals surface area contributed by atoms with E-state index < -0.39 is 23.5 Å². The molecular formula is C17H22O4. The van der Waals surface area contributed by atoms with Gasteiger partial charge in [-0.2, -0.15) is 0 Å². The Kier molecular flexibility index (Phi) is 4.66. The SMILES string of the molecule is CCCCCCC1OC(=O)c2ccccc2C1(C)C(=O)O. The zero-order chi connectivity index (χ0) is 15.5. The van der Waals surface area contributed by atoms with Gasteiger partial charge in [0.2, 0.25) is 0 Å². The summed E-state index contributed by atoms with van der Waals surface area (Å²) in [5, 5.41) is 9.71. The Morgan fingerprint density at radius 3 is 2.67 bits per heavy atom. The molecule has 0 aromatic heterocycles. The summed E-state index contributed by atoms with van der Waals surface area (Å²) in [6, 6.07) is 6.85. The van der Waals surface area contributed by atoms with Gasteiger partial charge in [0.25, 0.3) is 0 Å². The maximum atomic E-state index is 12.1. The molecule has 0 fully saturated rings. The van der Waals surface area contributed by atoms with E-state index >= 15 is 0 Å². The zero-order valence-corrected chi connectivity index (χ0v) is 12.6. The van der Waals surface area contributed by atoms with Gasteiger partial charge in [-0.15, -0.1) is 0 Å². The van der Waals surface area contributed by atoms with Crippen molar-refractivity contribution in [1.29, 1.82) is 0 Å². The summed E-state index contributed by atoms with van der Waals surface area (Å²) in [5.41, 5.74) is -0.238. The van der Waals surface area contributed by atoms with Gasteiger partial charge in [-0.1, -0.05) is 44.4 Å². The smallest absolute Gasteiger partial charge is 0.338 e. The topological polar surface area (TPSA) is 63.6 Å². The number of hydrogen-bond acceptors (Lipinski definition) is 3. The van der Waals surface area contributed by atoms with Crippen LogP contribution in [0.2, 0.25) is 0 Å². The minimum atomic E-state index is -1.17. The van der Waals surface area contributed by atoms with E-state index in [4.69, 9.17) is 4.74 Å². The number of ether oxygens (including phenoxy) is 1. The highest BCUT2D eigenvalue weighted by atomic mass is 16.5. The fourth-order valence-electron chi connectivity index (χ4n) is 2.95. The van der Waals surface area contributed by atoms with E-state index in [1.54, 1.807) is 31.2 Å². The minimum Gasteiger partial charge on any atom is -0.480 e. The number of carbonyl (C=O) groups is 2. The fraction of sp³-hybridized carbons (Fsp3) is 0.529. The molecule has 1 aliphatic heterocycles. The second-order valence-corrected chi connectivity index (χ2v) is 5.80. The number of fused-ring (bicyclic) bond motifs is 1. The van der Waals surface area contributed by atoms with Crippen molar-refractivity contribution < 1.29 is 19.4 Å². The van der Waals surface area contributed by atoms with E-state index in [2.05, 4.69) is 6.92 Å². The van der Waals surface area contributed by atoms with Gasteiger partial charge in [0.1, 0.15) is 11.5 Å². The average Bonchev–Trinajstić information content (AvgIpc) is 2.48. The van der Waals surface area contributed by atoms with Crippen LogP contribution in [0.5, 0.6) is 0 Å². The highest BCUT2D eigenvalue weighted by Gasteiger charge is 2.50. The molecule has 0 spiro atoms. The first-order valence-electron chi connectivity index (χ1n) is 7.55. The van der Waals surface area contributed by atoms with Gasteiger partial charge in [-0.3, -0.25) is 4.79 Å². The molecule has 4 nitrogen and oxygen atoms in total. The number of cyclic esters (lactones) is 1. The van der Waals surface area contributed by atoms with E-state index in [9.17, 15) is 14.7 Å². The van der Waals surface area contributed by atoms with Crippen molar-refractivity contribution >= 4 is 11.9 Å². The third kappa shape index (κ3) is 2.80. The molecule has 1 aromatic rings. The standard InChI is InChI=1S/C17H22O4/c1-3-4-5-6-11-14-17(2,16(19)20)13-10-8-7-9-12(13)15(18)21-14/h7-10,14H,3-6,11H2,1-2H3,(H,19,20). The Hall–Kier alpha value is -1.84. The molecule has 4 heteroatoms. The van der Waals surface area contributed by atoms with E-state index in [1.807, 2.05) is 0 Å². The van der Waals surface area contributed by atoms with Crippen molar-refractivity contribution in [3.8, 4) is 0 Å². The lowest BCUT2D eigenvalue weighted by molar-refractivity contribution is -0.149. The third-order valence-corrected chi connectivity index (χ3v) is 4.36. The summed E-state index contributed by atoms with van der Waals surface area (Å²) in [5.74, 6) is -1.35. The number of unbranched alkanes of at least 4 members (excludes halogenated alkanes) is 3. The highest BCUT2D eigenvalue weighted by molar-refractivity contribution is 5.97. The van der Waals surface area contributed by atoms with E-state index in [-0.39, 0.29) is 0 Å². The summed E-state index contributed by atoms with van der Waals surface area (Å²) >= 11 is 0. The van der Waals surface area contributed by atoms with Crippen LogP contribution in [0, 0.1) is 0 Å². The fourth-order valence-corrected chi connectivity index (χ4v) is 2.95. The summed E-state index contributed by atoms with van der Waals surface area (Å²) in [4.78, 5) is 23.9. The Balaban J connectivity index is 2.30. The molecule has 1 N–H and O–H groups in total. The van der Waals surface area contributed by atoms with Crippen LogP contribution >= 0.6 is 0 Å². The lowest BCUT2D eigenvalue weighted by atomic mass is 9.72. The van der Waals surface area contributed by atoms with Crippen molar-refractivity contribution in [2.45, 2.75) is 57.5 Å². The number of esters is 1. The van der Waals surface area contributed by atoms with Crippen LogP contribution in [0.4, 0.5) is 0 Å². The Labute approximate surface area is 125 Å². The lowest BCUT2D eigenvalue weighted by Gasteiger charge is -2.38. The van der Waals surface area contributed by atoms with Gasteiger partial charge >= 0.3 is 11.9 Å². The van der Waals surface area contributed by atoms with Crippen molar-refractivity contribution in [2.24, 2.45) is 0 Å². The molecule has 0 radical (unpaired) electrons. The van der Waals surface area contributed by atoms with Gasteiger partial charge in [0.15, 0.2) is 0 Å². The van der Waals surface area contributed by atoms with Crippen LogP contribution in [0.25, 0.3) is 0 Å². The molecule has 21 heavy (non-hydrogen) atoms. The van der Waals surface area contributed by atoms with Gasteiger partial charge in [-0.05, 0) is 31.4 Å². The molecule has 2 atom stereocenters. The highest BCUT2D eigenvalue weighted by Crippen LogP contribution is 2.39. The Morgan fingerprint density at radius 1 is 1.29 bits per heavy atom. The maximum absolute atomic E-state index is 12.1. The largest absolute Gasteiger partial charge is 0.480 e.